The number of rotatable bonds is 3. The highest BCUT2D eigenvalue weighted by Crippen LogP contribution is 2.28. The van der Waals surface area contributed by atoms with Crippen molar-refractivity contribution in [2.75, 3.05) is 0 Å². The summed E-state index contributed by atoms with van der Waals surface area (Å²) in [6.07, 6.45) is -0.324. The van der Waals surface area contributed by atoms with Crippen molar-refractivity contribution in [3.63, 3.8) is 0 Å². The first-order valence-electron chi connectivity index (χ1n) is 5.83. The zero-order valence-corrected chi connectivity index (χ0v) is 12.8. The minimum absolute atomic E-state index is 0.0638. The second-order valence-corrected chi connectivity index (χ2v) is 5.68. The Balaban J connectivity index is 2.37. The van der Waals surface area contributed by atoms with Crippen LogP contribution in [0.15, 0.2) is 28.7 Å². The Bertz CT molecular complexity index is 693. The summed E-state index contributed by atoms with van der Waals surface area (Å²) in [5.41, 5.74) is 5.24. The molecule has 0 radical (unpaired) electrons. The first kappa shape index (κ1) is 16.3. The van der Waals surface area contributed by atoms with E-state index in [1.807, 2.05) is 0 Å². The molecule has 7 heteroatoms. The molecule has 0 aliphatic rings. The summed E-state index contributed by atoms with van der Waals surface area (Å²) < 4.78 is 54.7. The van der Waals surface area contributed by atoms with Crippen LogP contribution in [0.4, 0.5) is 17.6 Å². The predicted molar refractivity (Wildman–Crippen MR) is 76.1 cm³/mol. The molecule has 1 unspecified atom stereocenters. The fourth-order valence-electron chi connectivity index (χ4n) is 1.91. The van der Waals surface area contributed by atoms with E-state index in [0.29, 0.717) is 0 Å². The summed E-state index contributed by atoms with van der Waals surface area (Å²) in [6, 6.07) is 2.77. The molecule has 0 aliphatic heterocycles. The largest absolute Gasteiger partial charge is 0.324 e. The Hall–Kier alpha value is -1.11. The minimum Gasteiger partial charge on any atom is -0.324 e. The van der Waals surface area contributed by atoms with Crippen molar-refractivity contribution in [1.82, 2.24) is 0 Å². The third kappa shape index (κ3) is 3.39. The summed E-state index contributed by atoms with van der Waals surface area (Å²) in [7, 11) is 0. The number of hydrogen-bond donors (Lipinski definition) is 1. The van der Waals surface area contributed by atoms with Crippen LogP contribution in [0.3, 0.4) is 0 Å². The van der Waals surface area contributed by atoms with Crippen LogP contribution in [0.5, 0.6) is 0 Å². The van der Waals surface area contributed by atoms with E-state index in [-0.39, 0.29) is 27.0 Å². The lowest BCUT2D eigenvalue weighted by molar-refractivity contribution is 0.522. The maximum absolute atomic E-state index is 13.9. The molecule has 0 heterocycles. The van der Waals surface area contributed by atoms with Crippen molar-refractivity contribution in [3.05, 3.63) is 68.2 Å². The summed E-state index contributed by atoms with van der Waals surface area (Å²) in [4.78, 5) is 0. The van der Waals surface area contributed by atoms with Crippen LogP contribution >= 0.6 is 27.5 Å². The van der Waals surface area contributed by atoms with E-state index in [9.17, 15) is 17.6 Å². The lowest BCUT2D eigenvalue weighted by atomic mass is 9.98. The Morgan fingerprint density at radius 1 is 1.05 bits per heavy atom. The summed E-state index contributed by atoms with van der Waals surface area (Å²) >= 11 is 8.37. The van der Waals surface area contributed by atoms with Crippen LogP contribution in [0.2, 0.25) is 5.02 Å². The highest BCUT2D eigenvalue weighted by Gasteiger charge is 2.20. The van der Waals surface area contributed by atoms with E-state index in [1.54, 1.807) is 0 Å². The molecule has 2 rings (SSSR count). The van der Waals surface area contributed by atoms with Gasteiger partial charge in [-0.1, -0.05) is 11.6 Å². The molecule has 2 N–H and O–H groups in total. The molecule has 0 aromatic heterocycles. The molecule has 1 nitrogen and oxygen atoms in total. The van der Waals surface area contributed by atoms with Gasteiger partial charge in [-0.05, 0) is 46.6 Å². The van der Waals surface area contributed by atoms with Crippen molar-refractivity contribution in [2.24, 2.45) is 5.73 Å². The van der Waals surface area contributed by atoms with Crippen LogP contribution < -0.4 is 5.73 Å². The predicted octanol–water partition coefficient (Wildman–Crippen LogP) is 4.90. The van der Waals surface area contributed by atoms with Crippen molar-refractivity contribution in [3.8, 4) is 0 Å². The lowest BCUT2D eigenvalue weighted by Gasteiger charge is -2.15. The smallest absolute Gasteiger partial charge is 0.143 e. The molecule has 0 saturated carbocycles. The zero-order chi connectivity index (χ0) is 15.7. The van der Waals surface area contributed by atoms with Gasteiger partial charge in [0.15, 0.2) is 0 Å². The van der Waals surface area contributed by atoms with Gasteiger partial charge in [-0.3, -0.25) is 0 Å². The molecule has 0 fully saturated rings. The normalized spacial score (nSPS) is 12.5. The van der Waals surface area contributed by atoms with Crippen molar-refractivity contribution < 1.29 is 17.6 Å². The van der Waals surface area contributed by atoms with Gasteiger partial charge < -0.3 is 5.73 Å². The molecular weight excluding hydrogens is 374 g/mol. The van der Waals surface area contributed by atoms with E-state index in [1.165, 1.54) is 6.07 Å². The molecule has 2 aromatic rings. The maximum atomic E-state index is 13.9. The molecule has 0 saturated heterocycles. The highest BCUT2D eigenvalue weighted by atomic mass is 79.9. The Morgan fingerprint density at radius 2 is 1.71 bits per heavy atom. The molecule has 0 aliphatic carbocycles. The quantitative estimate of drug-likeness (QED) is 0.593. The molecule has 0 amide bonds. The fourth-order valence-corrected chi connectivity index (χ4v) is 2.43. The van der Waals surface area contributed by atoms with Crippen molar-refractivity contribution in [1.29, 1.82) is 0 Å². The SMILES string of the molecule is NC(Cc1c(F)ccc(Br)c1F)c1cc(F)c(Cl)cc1F. The Labute approximate surface area is 131 Å². The molecule has 21 heavy (non-hydrogen) atoms. The van der Waals surface area contributed by atoms with Crippen LogP contribution in [0.25, 0.3) is 0 Å². The number of benzene rings is 2. The van der Waals surface area contributed by atoms with Gasteiger partial charge >= 0.3 is 0 Å². The van der Waals surface area contributed by atoms with Gasteiger partial charge in [-0.25, -0.2) is 17.6 Å². The maximum Gasteiger partial charge on any atom is 0.143 e. The van der Waals surface area contributed by atoms with Gasteiger partial charge in [-0.15, -0.1) is 0 Å². The van der Waals surface area contributed by atoms with E-state index in [4.69, 9.17) is 17.3 Å². The van der Waals surface area contributed by atoms with Crippen molar-refractivity contribution in [2.45, 2.75) is 12.5 Å². The number of nitrogens with two attached hydrogens (primary N) is 1. The van der Waals surface area contributed by atoms with E-state index in [0.717, 1.165) is 18.2 Å². The summed E-state index contributed by atoms with van der Waals surface area (Å²) in [5.74, 6) is -3.30. The third-order valence-corrected chi connectivity index (χ3v) is 3.90. The zero-order valence-electron chi connectivity index (χ0n) is 10.4. The number of hydrogen-bond acceptors (Lipinski definition) is 1. The Kier molecular flexibility index (Phi) is 4.91. The fraction of sp³-hybridized carbons (Fsp3) is 0.143. The lowest BCUT2D eigenvalue weighted by Crippen LogP contribution is -2.17. The molecule has 0 bridgehead atoms. The van der Waals surface area contributed by atoms with E-state index in [2.05, 4.69) is 15.9 Å². The van der Waals surface area contributed by atoms with Crippen LogP contribution in [-0.2, 0) is 6.42 Å². The first-order chi connectivity index (χ1) is 9.81. The van der Waals surface area contributed by atoms with Crippen LogP contribution in [-0.4, -0.2) is 0 Å². The highest BCUT2D eigenvalue weighted by molar-refractivity contribution is 9.10. The van der Waals surface area contributed by atoms with Crippen molar-refractivity contribution >= 4 is 27.5 Å². The van der Waals surface area contributed by atoms with E-state index >= 15 is 0 Å². The second kappa shape index (κ2) is 6.34. The molecule has 0 spiro atoms. The molecule has 112 valence electrons. The topological polar surface area (TPSA) is 26.0 Å². The average Bonchev–Trinajstić information content (AvgIpc) is 2.43. The molecule has 1 atom stereocenters. The summed E-state index contributed by atoms with van der Waals surface area (Å²) in [5, 5.41) is -0.386. The van der Waals surface area contributed by atoms with Gasteiger partial charge in [0.1, 0.15) is 23.3 Å². The number of halogens is 6. The molecule has 2 aromatic carbocycles. The standard InChI is InChI=1S/C14H9BrClF4N/c15-8-1-2-10(17)7(14(8)20)4-13(21)6-3-12(19)9(16)5-11(6)18/h1-3,5,13H,4,21H2. The molecular formula is C14H9BrClF4N. The Morgan fingerprint density at radius 3 is 2.38 bits per heavy atom. The average molecular weight is 383 g/mol. The van der Waals surface area contributed by atoms with Crippen LogP contribution in [0, 0.1) is 23.3 Å². The third-order valence-electron chi connectivity index (χ3n) is 3.00. The first-order valence-corrected chi connectivity index (χ1v) is 7.00. The van der Waals surface area contributed by atoms with Gasteiger partial charge in [0.25, 0.3) is 0 Å². The minimum atomic E-state index is -1.12. The van der Waals surface area contributed by atoms with Crippen LogP contribution in [0.1, 0.15) is 17.2 Å². The second-order valence-electron chi connectivity index (χ2n) is 4.42. The van der Waals surface area contributed by atoms with Gasteiger partial charge in [-0.2, -0.15) is 0 Å². The monoisotopic (exact) mass is 381 g/mol. The van der Waals surface area contributed by atoms with Gasteiger partial charge in [0, 0.05) is 17.2 Å². The van der Waals surface area contributed by atoms with Gasteiger partial charge in [0.05, 0.1) is 9.50 Å². The summed E-state index contributed by atoms with van der Waals surface area (Å²) in [6.45, 7) is 0. The van der Waals surface area contributed by atoms with E-state index < -0.39 is 29.3 Å². The van der Waals surface area contributed by atoms with Gasteiger partial charge in [0.2, 0.25) is 0 Å².